The van der Waals surface area contributed by atoms with Crippen molar-refractivity contribution in [1.82, 2.24) is 20.5 Å². The van der Waals surface area contributed by atoms with Gasteiger partial charge in [0.2, 0.25) is 0 Å². The summed E-state index contributed by atoms with van der Waals surface area (Å²) in [5.41, 5.74) is 1.12. The normalized spacial score (nSPS) is 22.6. The number of nitrogens with one attached hydrogen (secondary N) is 2. The van der Waals surface area contributed by atoms with Crippen LogP contribution in [0.15, 0.2) is 23.3 Å². The molecule has 0 amide bonds. The van der Waals surface area contributed by atoms with Gasteiger partial charge in [0.15, 0.2) is 15.8 Å². The highest BCUT2D eigenvalue weighted by atomic mass is 127. The highest BCUT2D eigenvalue weighted by Crippen LogP contribution is 2.15. The van der Waals surface area contributed by atoms with Gasteiger partial charge in [-0.2, -0.15) is 0 Å². The summed E-state index contributed by atoms with van der Waals surface area (Å²) in [6.07, 6.45) is 2.48. The molecule has 1 atom stereocenters. The first kappa shape index (κ1) is 23.1. The molecule has 2 fully saturated rings. The third kappa shape index (κ3) is 6.45. The van der Waals surface area contributed by atoms with Crippen LogP contribution in [0.2, 0.25) is 0 Å². The quantitative estimate of drug-likeness (QED) is 0.334. The summed E-state index contributed by atoms with van der Waals surface area (Å²) in [7, 11) is -1.20. The zero-order valence-corrected chi connectivity index (χ0v) is 19.7. The van der Waals surface area contributed by atoms with Gasteiger partial charge in [-0.15, -0.1) is 24.0 Å². The molecule has 28 heavy (non-hydrogen) atoms. The third-order valence-electron chi connectivity index (χ3n) is 5.21. The van der Waals surface area contributed by atoms with Crippen LogP contribution in [0, 0.1) is 0 Å². The van der Waals surface area contributed by atoms with Crippen LogP contribution in [0.3, 0.4) is 0 Å². The molecule has 3 rings (SSSR count). The lowest BCUT2D eigenvalue weighted by molar-refractivity contribution is 0.270. The molecule has 2 N–H and O–H groups in total. The fraction of sp³-hybridized carbons (Fsp3) is 0.667. The number of guanidine groups is 1. The SMILES string of the molecule is CCN1CCN(c2cc(CNC(=NC)NC3CCS(=O)(=O)C3)ccn2)CC1.I. The van der Waals surface area contributed by atoms with Crippen molar-refractivity contribution in [2.24, 2.45) is 4.99 Å². The predicted octanol–water partition coefficient (Wildman–Crippen LogP) is 0.694. The first-order chi connectivity index (χ1) is 13.0. The van der Waals surface area contributed by atoms with E-state index in [0.717, 1.165) is 44.1 Å². The summed E-state index contributed by atoms with van der Waals surface area (Å²) in [6.45, 7) is 8.04. The van der Waals surface area contributed by atoms with E-state index in [0.29, 0.717) is 18.9 Å². The van der Waals surface area contributed by atoms with Crippen LogP contribution in [0.25, 0.3) is 0 Å². The van der Waals surface area contributed by atoms with Crippen molar-refractivity contribution < 1.29 is 8.42 Å². The maximum absolute atomic E-state index is 11.6. The minimum atomic E-state index is -2.90. The van der Waals surface area contributed by atoms with Gasteiger partial charge in [-0.05, 0) is 30.7 Å². The number of nitrogens with zero attached hydrogens (tertiary/aromatic N) is 4. The van der Waals surface area contributed by atoms with Crippen molar-refractivity contribution in [3.8, 4) is 0 Å². The number of pyridine rings is 1. The molecule has 0 saturated carbocycles. The Morgan fingerprint density at radius 2 is 2.07 bits per heavy atom. The van der Waals surface area contributed by atoms with Crippen molar-refractivity contribution in [3.05, 3.63) is 23.9 Å². The number of hydrogen-bond donors (Lipinski definition) is 2. The van der Waals surface area contributed by atoms with Gasteiger partial charge in [-0.3, -0.25) is 4.99 Å². The standard InChI is InChI=1S/C18H30N6O2S.HI/c1-3-23-7-9-24(10-8-23)17-12-15(4-6-20-17)13-21-18(19-2)22-16-5-11-27(25,26)14-16;/h4,6,12,16H,3,5,7-11,13-14H2,1-2H3,(H2,19,21,22);1H. The number of aliphatic imine (C=N–C) groups is 1. The number of sulfone groups is 1. The van der Waals surface area contributed by atoms with Crippen molar-refractivity contribution in [3.63, 3.8) is 0 Å². The molecule has 0 spiro atoms. The fourth-order valence-electron chi connectivity index (χ4n) is 3.52. The van der Waals surface area contributed by atoms with Crippen LogP contribution in [-0.2, 0) is 16.4 Å². The van der Waals surface area contributed by atoms with E-state index in [1.54, 1.807) is 7.05 Å². The number of likely N-dealkylation sites (N-methyl/N-ethyl adjacent to an activating group) is 1. The van der Waals surface area contributed by atoms with Gasteiger partial charge in [-0.1, -0.05) is 6.92 Å². The number of halogens is 1. The molecule has 0 radical (unpaired) electrons. The smallest absolute Gasteiger partial charge is 0.191 e. The highest BCUT2D eigenvalue weighted by Gasteiger charge is 2.28. The van der Waals surface area contributed by atoms with E-state index < -0.39 is 9.84 Å². The average Bonchev–Trinajstić information content (AvgIpc) is 3.03. The molecular formula is C18H31IN6O2S. The third-order valence-corrected chi connectivity index (χ3v) is 6.98. The summed E-state index contributed by atoms with van der Waals surface area (Å²) >= 11 is 0. The number of anilines is 1. The Labute approximate surface area is 185 Å². The number of piperazine rings is 1. The maximum atomic E-state index is 11.6. The van der Waals surface area contributed by atoms with Crippen LogP contribution in [0.4, 0.5) is 5.82 Å². The van der Waals surface area contributed by atoms with E-state index in [9.17, 15) is 8.42 Å². The van der Waals surface area contributed by atoms with Gasteiger partial charge in [0.25, 0.3) is 0 Å². The van der Waals surface area contributed by atoms with E-state index in [-0.39, 0.29) is 41.5 Å². The van der Waals surface area contributed by atoms with Crippen LogP contribution in [-0.4, -0.2) is 81.6 Å². The Bertz CT molecular complexity index is 765. The molecule has 1 aromatic heterocycles. The average molecular weight is 522 g/mol. The summed E-state index contributed by atoms with van der Waals surface area (Å²) in [4.78, 5) is 13.5. The Balaban J connectivity index is 0.00000280. The van der Waals surface area contributed by atoms with Crippen molar-refractivity contribution in [2.75, 3.05) is 56.2 Å². The Kier molecular flexibility index (Phi) is 8.75. The number of aromatic nitrogens is 1. The molecule has 0 aliphatic carbocycles. The van der Waals surface area contributed by atoms with Crippen molar-refractivity contribution in [2.45, 2.75) is 25.9 Å². The molecule has 1 unspecified atom stereocenters. The molecule has 2 aliphatic rings. The van der Waals surface area contributed by atoms with Gasteiger partial charge in [-0.25, -0.2) is 13.4 Å². The maximum Gasteiger partial charge on any atom is 0.191 e. The zero-order chi connectivity index (χ0) is 19.3. The van der Waals surface area contributed by atoms with Gasteiger partial charge < -0.3 is 20.4 Å². The molecule has 0 aromatic carbocycles. The predicted molar refractivity (Wildman–Crippen MR) is 124 cm³/mol. The van der Waals surface area contributed by atoms with Crippen LogP contribution in [0.1, 0.15) is 18.9 Å². The van der Waals surface area contributed by atoms with Crippen molar-refractivity contribution >= 4 is 45.6 Å². The first-order valence-electron chi connectivity index (χ1n) is 9.59. The second-order valence-electron chi connectivity index (χ2n) is 7.11. The van der Waals surface area contributed by atoms with E-state index in [1.165, 1.54) is 0 Å². The topological polar surface area (TPSA) is 89.9 Å². The molecular weight excluding hydrogens is 491 g/mol. The first-order valence-corrected chi connectivity index (χ1v) is 11.4. The van der Waals surface area contributed by atoms with Gasteiger partial charge in [0, 0.05) is 52.0 Å². The second-order valence-corrected chi connectivity index (χ2v) is 9.34. The Morgan fingerprint density at radius 1 is 1.32 bits per heavy atom. The molecule has 158 valence electrons. The number of hydrogen-bond acceptors (Lipinski definition) is 6. The summed E-state index contributed by atoms with van der Waals surface area (Å²) in [6, 6.07) is 4.04. The minimum absolute atomic E-state index is 0. The largest absolute Gasteiger partial charge is 0.354 e. The highest BCUT2D eigenvalue weighted by molar-refractivity contribution is 14.0. The van der Waals surface area contributed by atoms with Gasteiger partial charge in [0.1, 0.15) is 5.82 Å². The fourth-order valence-corrected chi connectivity index (χ4v) is 5.19. The molecule has 3 heterocycles. The van der Waals surface area contributed by atoms with Gasteiger partial charge in [0.05, 0.1) is 11.5 Å². The second kappa shape index (κ2) is 10.6. The molecule has 0 bridgehead atoms. The van der Waals surface area contributed by atoms with Crippen LogP contribution >= 0.6 is 24.0 Å². The van der Waals surface area contributed by atoms with E-state index in [4.69, 9.17) is 0 Å². The number of rotatable bonds is 5. The molecule has 8 nitrogen and oxygen atoms in total. The lowest BCUT2D eigenvalue weighted by atomic mass is 10.2. The Hall–Kier alpha value is -1.14. The summed E-state index contributed by atoms with van der Waals surface area (Å²) in [5.74, 6) is 2.07. The molecule has 2 saturated heterocycles. The molecule has 10 heteroatoms. The van der Waals surface area contributed by atoms with Crippen LogP contribution < -0.4 is 15.5 Å². The van der Waals surface area contributed by atoms with E-state index in [1.807, 2.05) is 12.3 Å². The Morgan fingerprint density at radius 3 is 2.68 bits per heavy atom. The van der Waals surface area contributed by atoms with E-state index >= 15 is 0 Å². The van der Waals surface area contributed by atoms with Crippen LogP contribution in [0.5, 0.6) is 0 Å². The zero-order valence-electron chi connectivity index (χ0n) is 16.6. The van der Waals surface area contributed by atoms with Crippen molar-refractivity contribution in [1.29, 1.82) is 0 Å². The summed E-state index contributed by atoms with van der Waals surface area (Å²) in [5, 5.41) is 6.48. The lowest BCUT2D eigenvalue weighted by Crippen LogP contribution is -2.46. The lowest BCUT2D eigenvalue weighted by Gasteiger charge is -2.34. The van der Waals surface area contributed by atoms with Gasteiger partial charge >= 0.3 is 0 Å². The molecule has 2 aliphatic heterocycles. The van der Waals surface area contributed by atoms with E-state index in [2.05, 4.69) is 43.4 Å². The summed E-state index contributed by atoms with van der Waals surface area (Å²) < 4.78 is 23.2. The molecule has 1 aromatic rings. The monoisotopic (exact) mass is 522 g/mol. The minimum Gasteiger partial charge on any atom is -0.354 e.